The van der Waals surface area contributed by atoms with Gasteiger partial charge in [-0.3, -0.25) is 0 Å². The summed E-state index contributed by atoms with van der Waals surface area (Å²) in [6, 6.07) is 6.32. The Morgan fingerprint density at radius 3 is 2.61 bits per heavy atom. The van der Waals surface area contributed by atoms with Crippen molar-refractivity contribution in [1.82, 2.24) is 5.06 Å². The van der Waals surface area contributed by atoms with Crippen molar-refractivity contribution in [3.05, 3.63) is 53.3 Å². The van der Waals surface area contributed by atoms with Crippen LogP contribution in [0, 0.1) is 23.4 Å². The van der Waals surface area contributed by atoms with E-state index in [1.807, 2.05) is 0 Å². The van der Waals surface area contributed by atoms with E-state index in [1.165, 1.54) is 5.06 Å². The Kier molecular flexibility index (Phi) is 5.10. The Morgan fingerprint density at radius 2 is 1.91 bits per heavy atom. The molecule has 5 rings (SSSR count). The Morgan fingerprint density at radius 1 is 1.12 bits per heavy atom. The summed E-state index contributed by atoms with van der Waals surface area (Å²) >= 11 is 0. The molecule has 176 valence electrons. The minimum atomic E-state index is -1.25. The highest BCUT2D eigenvalue weighted by Crippen LogP contribution is 2.50. The van der Waals surface area contributed by atoms with Gasteiger partial charge < -0.3 is 15.2 Å². The van der Waals surface area contributed by atoms with Crippen molar-refractivity contribution >= 4 is 5.96 Å². The molecule has 3 aliphatic heterocycles. The first kappa shape index (κ1) is 22.0. The second-order valence-corrected chi connectivity index (χ2v) is 9.52. The summed E-state index contributed by atoms with van der Waals surface area (Å²) in [5.74, 6) is -2.33. The Balaban J connectivity index is 1.59. The zero-order valence-corrected chi connectivity index (χ0v) is 18.7. The molecule has 3 aliphatic rings. The lowest BCUT2D eigenvalue weighted by Crippen LogP contribution is -2.46. The molecule has 3 unspecified atom stereocenters. The highest BCUT2D eigenvalue weighted by molar-refractivity contribution is 5.79. The molecule has 0 aliphatic carbocycles. The largest absolute Gasteiger partial charge is 0.489 e. The highest BCUT2D eigenvalue weighted by atomic mass is 19.2. The topological polar surface area (TPSA) is 69.3 Å². The summed E-state index contributed by atoms with van der Waals surface area (Å²) in [5.41, 5.74) is 5.22. The maximum atomic E-state index is 14.5. The fraction of sp³-hybridized carbons (Fsp3) is 0.458. The molecule has 3 heterocycles. The van der Waals surface area contributed by atoms with E-state index in [4.69, 9.17) is 20.0 Å². The summed E-state index contributed by atoms with van der Waals surface area (Å²) in [5, 5.41) is 1.38. The summed E-state index contributed by atoms with van der Waals surface area (Å²) in [6.07, 6.45) is 1.82. The maximum absolute atomic E-state index is 14.5. The van der Waals surface area contributed by atoms with Gasteiger partial charge in [-0.25, -0.2) is 28.1 Å². The van der Waals surface area contributed by atoms with E-state index in [0.717, 1.165) is 18.9 Å². The standard InChI is InChI=1S/C24H26F3N3O3/c1-23(2)11-14(6-7-31-23)20-12-24(29-22(28)30(3)33-24)17-8-13(4-5-19(17)32-20)16-9-15(25)10-18(26)21(16)27/h4-5,8-10,14,20H,6-7,11-12H2,1-3H3,(H2,28,29). The number of aliphatic imine (C=N–C) groups is 1. The molecule has 0 aromatic heterocycles. The van der Waals surface area contributed by atoms with E-state index in [9.17, 15) is 13.2 Å². The third-order valence-corrected chi connectivity index (χ3v) is 6.63. The molecule has 33 heavy (non-hydrogen) atoms. The highest BCUT2D eigenvalue weighted by Gasteiger charge is 2.51. The number of halogens is 3. The van der Waals surface area contributed by atoms with E-state index < -0.39 is 23.2 Å². The van der Waals surface area contributed by atoms with Crippen molar-refractivity contribution in [3.63, 3.8) is 0 Å². The van der Waals surface area contributed by atoms with Gasteiger partial charge in [0, 0.05) is 37.6 Å². The number of nitrogens with zero attached hydrogens (tertiary/aromatic N) is 2. The van der Waals surface area contributed by atoms with Gasteiger partial charge in [-0.1, -0.05) is 6.07 Å². The molecule has 0 amide bonds. The lowest BCUT2D eigenvalue weighted by atomic mass is 9.79. The van der Waals surface area contributed by atoms with E-state index in [0.29, 0.717) is 30.4 Å². The molecule has 1 spiro atoms. The van der Waals surface area contributed by atoms with Crippen molar-refractivity contribution < 1.29 is 27.5 Å². The molecular formula is C24H26F3N3O3. The number of benzene rings is 2. The number of hydrogen-bond acceptors (Lipinski definition) is 6. The van der Waals surface area contributed by atoms with Gasteiger partial charge in [0.1, 0.15) is 17.7 Å². The van der Waals surface area contributed by atoms with Crippen molar-refractivity contribution in [1.29, 1.82) is 0 Å². The molecule has 3 atom stereocenters. The van der Waals surface area contributed by atoms with Crippen LogP contribution in [0.15, 0.2) is 35.3 Å². The minimum Gasteiger partial charge on any atom is -0.489 e. The first-order chi connectivity index (χ1) is 15.6. The molecule has 2 N–H and O–H groups in total. The van der Waals surface area contributed by atoms with E-state index in [-0.39, 0.29) is 34.7 Å². The van der Waals surface area contributed by atoms with Crippen LogP contribution in [0.2, 0.25) is 0 Å². The maximum Gasteiger partial charge on any atom is 0.221 e. The van der Waals surface area contributed by atoms with Gasteiger partial charge in [0.25, 0.3) is 0 Å². The third kappa shape index (κ3) is 3.83. The zero-order chi connectivity index (χ0) is 23.5. The average Bonchev–Trinajstić information content (AvgIpc) is 3.03. The summed E-state index contributed by atoms with van der Waals surface area (Å²) < 4.78 is 54.4. The van der Waals surface area contributed by atoms with Crippen molar-refractivity contribution in [2.24, 2.45) is 16.6 Å². The van der Waals surface area contributed by atoms with Crippen LogP contribution in [0.1, 0.15) is 38.7 Å². The number of hydrogen-bond donors (Lipinski definition) is 1. The van der Waals surface area contributed by atoms with Crippen LogP contribution in [-0.4, -0.2) is 36.4 Å². The average molecular weight is 461 g/mol. The molecule has 1 fully saturated rings. The smallest absolute Gasteiger partial charge is 0.221 e. The molecule has 0 radical (unpaired) electrons. The van der Waals surface area contributed by atoms with Crippen LogP contribution in [0.25, 0.3) is 11.1 Å². The first-order valence-corrected chi connectivity index (χ1v) is 11.0. The van der Waals surface area contributed by atoms with Gasteiger partial charge in [0.15, 0.2) is 11.6 Å². The van der Waals surface area contributed by atoms with Crippen LogP contribution < -0.4 is 10.5 Å². The molecule has 1 saturated heterocycles. The van der Waals surface area contributed by atoms with Crippen LogP contribution in [0.3, 0.4) is 0 Å². The summed E-state index contributed by atoms with van der Waals surface area (Å²) in [7, 11) is 1.65. The van der Waals surface area contributed by atoms with Crippen molar-refractivity contribution in [3.8, 4) is 16.9 Å². The van der Waals surface area contributed by atoms with Crippen LogP contribution in [-0.2, 0) is 15.3 Å². The quantitative estimate of drug-likeness (QED) is 0.669. The van der Waals surface area contributed by atoms with E-state index >= 15 is 0 Å². The molecule has 0 bridgehead atoms. The molecule has 0 saturated carbocycles. The SMILES string of the molecule is CN1OC2(CC(C3CCOC(C)(C)C3)Oc3ccc(-c4cc(F)cc(F)c4F)cc32)N=C1N. The Bertz CT molecular complexity index is 1140. The van der Waals surface area contributed by atoms with Gasteiger partial charge >= 0.3 is 0 Å². The van der Waals surface area contributed by atoms with Gasteiger partial charge in [-0.2, -0.15) is 0 Å². The lowest BCUT2D eigenvalue weighted by Gasteiger charge is -2.44. The molecule has 6 nitrogen and oxygen atoms in total. The number of fused-ring (bicyclic) bond motifs is 2. The van der Waals surface area contributed by atoms with E-state index in [1.54, 1.807) is 25.2 Å². The number of hydroxylamine groups is 2. The molecular weight excluding hydrogens is 435 g/mol. The first-order valence-electron chi connectivity index (χ1n) is 11.0. The number of rotatable bonds is 2. The normalized spacial score (nSPS) is 28.4. The molecule has 2 aromatic rings. The number of guanidine groups is 1. The van der Waals surface area contributed by atoms with Gasteiger partial charge in [0.2, 0.25) is 11.7 Å². The van der Waals surface area contributed by atoms with E-state index in [2.05, 4.69) is 18.8 Å². The van der Waals surface area contributed by atoms with Crippen LogP contribution in [0.5, 0.6) is 5.75 Å². The fourth-order valence-electron chi connectivity index (χ4n) is 5.06. The monoisotopic (exact) mass is 461 g/mol. The van der Waals surface area contributed by atoms with Crippen molar-refractivity contribution in [2.45, 2.75) is 50.5 Å². The minimum absolute atomic E-state index is 0.193. The van der Waals surface area contributed by atoms with Crippen molar-refractivity contribution in [2.75, 3.05) is 13.7 Å². The zero-order valence-electron chi connectivity index (χ0n) is 18.7. The number of nitrogens with two attached hydrogens (primary N) is 1. The Hall–Kier alpha value is -2.78. The fourth-order valence-corrected chi connectivity index (χ4v) is 5.06. The van der Waals surface area contributed by atoms with Crippen LogP contribution in [0.4, 0.5) is 13.2 Å². The number of ether oxygens (including phenoxy) is 2. The Labute approximate surface area is 190 Å². The summed E-state index contributed by atoms with van der Waals surface area (Å²) in [6.45, 7) is 4.74. The second-order valence-electron chi connectivity index (χ2n) is 9.52. The predicted molar refractivity (Wildman–Crippen MR) is 116 cm³/mol. The second kappa shape index (κ2) is 7.63. The van der Waals surface area contributed by atoms with Gasteiger partial charge in [-0.05, 0) is 50.5 Å². The molecule has 2 aromatic carbocycles. The lowest BCUT2D eigenvalue weighted by molar-refractivity contribution is -0.198. The molecule has 9 heteroatoms. The predicted octanol–water partition coefficient (Wildman–Crippen LogP) is 4.47. The van der Waals surface area contributed by atoms with Crippen LogP contribution >= 0.6 is 0 Å². The van der Waals surface area contributed by atoms with Gasteiger partial charge in [-0.15, -0.1) is 0 Å². The third-order valence-electron chi connectivity index (χ3n) is 6.63. The summed E-state index contributed by atoms with van der Waals surface area (Å²) in [4.78, 5) is 10.7. The van der Waals surface area contributed by atoms with Gasteiger partial charge in [0.05, 0.1) is 11.2 Å².